The van der Waals surface area contributed by atoms with Gasteiger partial charge in [0.05, 0.1) is 6.54 Å². The summed E-state index contributed by atoms with van der Waals surface area (Å²) in [5, 5.41) is 4.44. The third-order valence-corrected chi connectivity index (χ3v) is 3.64. The molecule has 0 amide bonds. The van der Waals surface area contributed by atoms with Crippen LogP contribution in [0.3, 0.4) is 0 Å². The second kappa shape index (κ2) is 6.91. The van der Waals surface area contributed by atoms with E-state index in [-0.39, 0.29) is 0 Å². The number of hydrogen-bond donors (Lipinski definition) is 1. The number of benzene rings is 1. The summed E-state index contributed by atoms with van der Waals surface area (Å²) < 4.78 is 5.98. The molecule has 0 saturated carbocycles. The van der Waals surface area contributed by atoms with Crippen LogP contribution >= 0.6 is 0 Å². The van der Waals surface area contributed by atoms with Crippen molar-refractivity contribution >= 4 is 11.0 Å². The van der Waals surface area contributed by atoms with Crippen LogP contribution in [0.1, 0.15) is 31.6 Å². The molecule has 0 radical (unpaired) electrons. The van der Waals surface area contributed by atoms with E-state index >= 15 is 0 Å². The van der Waals surface area contributed by atoms with Crippen molar-refractivity contribution < 1.29 is 4.42 Å². The average molecular weight is 274 g/mol. The second-order valence-corrected chi connectivity index (χ2v) is 5.95. The molecular formula is C17H26N2O. The number of hydrogen-bond acceptors (Lipinski definition) is 3. The first-order valence-corrected chi connectivity index (χ1v) is 7.44. The van der Waals surface area contributed by atoms with Crippen LogP contribution < -0.4 is 5.32 Å². The molecule has 0 aliphatic carbocycles. The maximum Gasteiger partial charge on any atom is 0.134 e. The first-order valence-electron chi connectivity index (χ1n) is 7.44. The predicted octanol–water partition coefficient (Wildman–Crippen LogP) is 3.63. The molecule has 2 rings (SSSR count). The highest BCUT2D eigenvalue weighted by Gasteiger charge is 2.14. The molecule has 3 nitrogen and oxygen atoms in total. The van der Waals surface area contributed by atoms with Crippen molar-refractivity contribution in [2.75, 3.05) is 20.6 Å². The van der Waals surface area contributed by atoms with E-state index in [4.69, 9.17) is 4.42 Å². The number of nitrogens with zero attached hydrogens (tertiary/aromatic N) is 1. The standard InChI is InChI=1S/C17H26N2O/c1-13(2)9-10-19(4)12-15-14-7-5-6-8-16(14)20-17(15)11-18-3/h5-8,13,18H,9-12H2,1-4H3. The lowest BCUT2D eigenvalue weighted by Gasteiger charge is -2.18. The minimum Gasteiger partial charge on any atom is -0.459 e. The Morgan fingerprint density at radius 3 is 2.70 bits per heavy atom. The Morgan fingerprint density at radius 2 is 2.00 bits per heavy atom. The lowest BCUT2D eigenvalue weighted by molar-refractivity contribution is 0.301. The molecule has 0 aliphatic heterocycles. The van der Waals surface area contributed by atoms with Gasteiger partial charge in [-0.05, 0) is 39.0 Å². The number of nitrogens with one attached hydrogen (secondary N) is 1. The Hall–Kier alpha value is -1.32. The molecule has 0 fully saturated rings. The van der Waals surface area contributed by atoms with Gasteiger partial charge in [0.25, 0.3) is 0 Å². The van der Waals surface area contributed by atoms with Gasteiger partial charge in [0, 0.05) is 17.5 Å². The molecule has 3 heteroatoms. The molecule has 110 valence electrons. The summed E-state index contributed by atoms with van der Waals surface area (Å²) in [4.78, 5) is 2.39. The Labute approximate surface area is 122 Å². The maximum atomic E-state index is 5.98. The van der Waals surface area contributed by atoms with Gasteiger partial charge in [0.1, 0.15) is 11.3 Å². The molecule has 0 spiro atoms. The zero-order valence-electron chi connectivity index (χ0n) is 13.1. The molecule has 20 heavy (non-hydrogen) atoms. The van der Waals surface area contributed by atoms with E-state index in [1.54, 1.807) is 0 Å². The van der Waals surface area contributed by atoms with Gasteiger partial charge < -0.3 is 14.6 Å². The lowest BCUT2D eigenvalue weighted by Crippen LogP contribution is -2.21. The molecular weight excluding hydrogens is 248 g/mol. The van der Waals surface area contributed by atoms with Gasteiger partial charge in [-0.1, -0.05) is 32.0 Å². The monoisotopic (exact) mass is 274 g/mol. The fourth-order valence-electron chi connectivity index (χ4n) is 2.45. The summed E-state index contributed by atoms with van der Waals surface area (Å²) >= 11 is 0. The van der Waals surface area contributed by atoms with Gasteiger partial charge >= 0.3 is 0 Å². The largest absolute Gasteiger partial charge is 0.459 e. The van der Waals surface area contributed by atoms with E-state index in [1.807, 2.05) is 19.2 Å². The number of fused-ring (bicyclic) bond motifs is 1. The van der Waals surface area contributed by atoms with Crippen molar-refractivity contribution in [3.05, 3.63) is 35.6 Å². The van der Waals surface area contributed by atoms with E-state index in [0.29, 0.717) is 0 Å². The third-order valence-electron chi connectivity index (χ3n) is 3.64. The second-order valence-electron chi connectivity index (χ2n) is 5.95. The highest BCUT2D eigenvalue weighted by molar-refractivity contribution is 5.82. The normalized spacial score (nSPS) is 11.9. The summed E-state index contributed by atoms with van der Waals surface area (Å²) in [6.07, 6.45) is 1.23. The molecule has 0 aliphatic rings. The quantitative estimate of drug-likeness (QED) is 0.835. The fourth-order valence-corrected chi connectivity index (χ4v) is 2.45. The Balaban J connectivity index is 2.20. The van der Waals surface area contributed by atoms with Gasteiger partial charge in [-0.25, -0.2) is 0 Å². The van der Waals surface area contributed by atoms with Gasteiger partial charge in [-0.2, -0.15) is 0 Å². The fraction of sp³-hybridized carbons (Fsp3) is 0.529. The molecule has 2 aromatic rings. The van der Waals surface area contributed by atoms with Crippen LogP contribution in [0.25, 0.3) is 11.0 Å². The Bertz CT molecular complexity index is 545. The first-order chi connectivity index (χ1) is 9.61. The van der Waals surface area contributed by atoms with Gasteiger partial charge in [0.2, 0.25) is 0 Å². The molecule has 1 aromatic carbocycles. The smallest absolute Gasteiger partial charge is 0.134 e. The Kier molecular flexibility index (Phi) is 5.21. The molecule has 1 heterocycles. The van der Waals surface area contributed by atoms with E-state index in [9.17, 15) is 0 Å². The highest BCUT2D eigenvalue weighted by Crippen LogP contribution is 2.27. The zero-order chi connectivity index (χ0) is 14.5. The molecule has 0 unspecified atom stereocenters. The first kappa shape index (κ1) is 15.1. The highest BCUT2D eigenvalue weighted by atomic mass is 16.3. The van der Waals surface area contributed by atoms with Crippen LogP contribution in [0.15, 0.2) is 28.7 Å². The van der Waals surface area contributed by atoms with Crippen molar-refractivity contribution in [2.24, 2.45) is 5.92 Å². The number of rotatable bonds is 7. The average Bonchev–Trinajstić information content (AvgIpc) is 2.75. The zero-order valence-corrected chi connectivity index (χ0v) is 13.1. The van der Waals surface area contributed by atoms with Crippen molar-refractivity contribution in [2.45, 2.75) is 33.4 Å². The van der Waals surface area contributed by atoms with E-state index < -0.39 is 0 Å². The molecule has 0 bridgehead atoms. The van der Waals surface area contributed by atoms with Crippen molar-refractivity contribution in [1.82, 2.24) is 10.2 Å². The summed E-state index contributed by atoms with van der Waals surface area (Å²) in [5.41, 5.74) is 2.31. The maximum absolute atomic E-state index is 5.98. The SMILES string of the molecule is CNCc1oc2ccccc2c1CN(C)CCC(C)C. The predicted molar refractivity (Wildman–Crippen MR) is 84.8 cm³/mol. The topological polar surface area (TPSA) is 28.4 Å². The van der Waals surface area contributed by atoms with Crippen LogP contribution in [0.4, 0.5) is 0 Å². The summed E-state index contributed by atoms with van der Waals surface area (Å²) in [7, 11) is 4.15. The number of furan rings is 1. The van der Waals surface area contributed by atoms with Crippen LogP contribution in [0.5, 0.6) is 0 Å². The van der Waals surface area contributed by atoms with Crippen molar-refractivity contribution in [1.29, 1.82) is 0 Å². The molecule has 0 saturated heterocycles. The summed E-state index contributed by atoms with van der Waals surface area (Å²) in [6.45, 7) is 7.39. The van der Waals surface area contributed by atoms with Crippen LogP contribution in [0, 0.1) is 5.92 Å². The van der Waals surface area contributed by atoms with Crippen LogP contribution in [-0.2, 0) is 13.1 Å². The van der Waals surface area contributed by atoms with Gasteiger partial charge in [0.15, 0.2) is 0 Å². The minimum atomic E-state index is 0.746. The van der Waals surface area contributed by atoms with Crippen LogP contribution in [0.2, 0.25) is 0 Å². The van der Waals surface area contributed by atoms with Crippen LogP contribution in [-0.4, -0.2) is 25.5 Å². The molecule has 1 N–H and O–H groups in total. The van der Waals surface area contributed by atoms with Crippen molar-refractivity contribution in [3.8, 4) is 0 Å². The number of para-hydroxylation sites is 1. The summed E-state index contributed by atoms with van der Waals surface area (Å²) in [5.74, 6) is 1.81. The van der Waals surface area contributed by atoms with E-state index in [1.165, 1.54) is 17.4 Å². The van der Waals surface area contributed by atoms with E-state index in [0.717, 1.165) is 36.9 Å². The Morgan fingerprint density at radius 1 is 1.25 bits per heavy atom. The lowest BCUT2D eigenvalue weighted by atomic mass is 10.1. The van der Waals surface area contributed by atoms with Gasteiger partial charge in [-0.15, -0.1) is 0 Å². The molecule has 1 aromatic heterocycles. The minimum absolute atomic E-state index is 0.746. The summed E-state index contributed by atoms with van der Waals surface area (Å²) in [6, 6.07) is 8.32. The van der Waals surface area contributed by atoms with Gasteiger partial charge in [-0.3, -0.25) is 0 Å². The van der Waals surface area contributed by atoms with Crippen molar-refractivity contribution in [3.63, 3.8) is 0 Å². The van der Waals surface area contributed by atoms with E-state index in [2.05, 4.69) is 43.2 Å². The third kappa shape index (κ3) is 3.62. The molecule has 0 atom stereocenters.